The van der Waals surface area contributed by atoms with Gasteiger partial charge in [0.2, 0.25) is 0 Å². The van der Waals surface area contributed by atoms with Gasteiger partial charge in [0.25, 0.3) is 5.91 Å². The maximum atomic E-state index is 13.1. The summed E-state index contributed by atoms with van der Waals surface area (Å²) in [5, 5.41) is 7.65. The van der Waals surface area contributed by atoms with Gasteiger partial charge in [-0.1, -0.05) is 0 Å². The Bertz CT molecular complexity index is 608. The van der Waals surface area contributed by atoms with E-state index in [1.807, 2.05) is 0 Å². The molecule has 0 spiro atoms. The molecule has 0 aliphatic carbocycles. The number of urea groups is 1. The van der Waals surface area contributed by atoms with Crippen LogP contribution in [0.3, 0.4) is 0 Å². The van der Waals surface area contributed by atoms with Crippen molar-refractivity contribution in [3.63, 3.8) is 0 Å². The number of halogens is 2. The van der Waals surface area contributed by atoms with Crippen molar-refractivity contribution in [2.24, 2.45) is 0 Å². The van der Waals surface area contributed by atoms with E-state index in [0.29, 0.717) is 16.8 Å². The van der Waals surface area contributed by atoms with Crippen LogP contribution in [0.15, 0.2) is 29.5 Å². The number of benzene rings is 1. The monoisotopic (exact) mass is 295 g/mol. The molecule has 1 heterocycles. The van der Waals surface area contributed by atoms with Gasteiger partial charge in [0, 0.05) is 18.3 Å². The molecule has 0 fully saturated rings. The summed E-state index contributed by atoms with van der Waals surface area (Å²) in [5.41, 5.74) is 1.15. The molecule has 0 saturated heterocycles. The normalized spacial score (nSPS) is 18.1. The first-order chi connectivity index (χ1) is 9.86. The van der Waals surface area contributed by atoms with Gasteiger partial charge in [0.05, 0.1) is 11.6 Å². The lowest BCUT2D eigenvalue weighted by Crippen LogP contribution is -2.50. The van der Waals surface area contributed by atoms with Gasteiger partial charge in [0.1, 0.15) is 11.6 Å². The number of hydrogen-bond donors (Lipinski definition) is 3. The van der Waals surface area contributed by atoms with Gasteiger partial charge in [-0.2, -0.15) is 0 Å². The van der Waals surface area contributed by atoms with Crippen molar-refractivity contribution in [3.8, 4) is 0 Å². The molecule has 0 radical (unpaired) electrons. The fourth-order valence-corrected chi connectivity index (χ4v) is 2.22. The van der Waals surface area contributed by atoms with Crippen LogP contribution in [-0.4, -0.2) is 18.0 Å². The predicted octanol–water partition coefficient (Wildman–Crippen LogP) is 1.56. The average Bonchev–Trinajstić information content (AvgIpc) is 2.34. The summed E-state index contributed by atoms with van der Waals surface area (Å²) >= 11 is 0. The average molecular weight is 295 g/mol. The van der Waals surface area contributed by atoms with Crippen LogP contribution in [0.5, 0.6) is 0 Å². The van der Waals surface area contributed by atoms with Crippen LogP contribution in [0.25, 0.3) is 0 Å². The third-order valence-electron chi connectivity index (χ3n) is 3.11. The molecule has 1 atom stereocenters. The molecule has 1 aliphatic heterocycles. The Morgan fingerprint density at radius 2 is 1.90 bits per heavy atom. The van der Waals surface area contributed by atoms with Crippen molar-refractivity contribution in [2.75, 3.05) is 0 Å². The number of hydrogen-bond acceptors (Lipinski definition) is 2. The number of nitrogens with one attached hydrogen (secondary N) is 3. The highest BCUT2D eigenvalue weighted by molar-refractivity contribution is 5.98. The smallest absolute Gasteiger partial charge is 0.319 e. The molecule has 1 aromatic carbocycles. The summed E-state index contributed by atoms with van der Waals surface area (Å²) < 4.78 is 26.1. The summed E-state index contributed by atoms with van der Waals surface area (Å²) in [6, 6.07) is 2.25. The largest absolute Gasteiger partial charge is 0.348 e. The van der Waals surface area contributed by atoms with Gasteiger partial charge >= 0.3 is 6.03 Å². The van der Waals surface area contributed by atoms with Gasteiger partial charge in [0.15, 0.2) is 0 Å². The minimum atomic E-state index is -0.699. The van der Waals surface area contributed by atoms with Gasteiger partial charge in [-0.3, -0.25) is 4.79 Å². The maximum absolute atomic E-state index is 13.1. The Labute approximate surface area is 120 Å². The van der Waals surface area contributed by atoms with Crippen molar-refractivity contribution in [1.29, 1.82) is 0 Å². The topological polar surface area (TPSA) is 70.2 Å². The molecule has 1 unspecified atom stereocenters. The fraction of sp³-hybridized carbons (Fsp3) is 0.286. The molecule has 5 nitrogen and oxygen atoms in total. The standard InChI is InChI=1S/C14H15F2N3O2/c1-7-12(8(2)19-14(21)18-7)13(20)17-6-9-3-10(15)5-11(16)4-9/h3-5,7H,6H2,1-2H3,(H,17,20)(H2,18,19,21). The minimum absolute atomic E-state index is 0.00897. The highest BCUT2D eigenvalue weighted by Gasteiger charge is 2.26. The number of carbonyl (C=O) groups excluding carboxylic acids is 2. The van der Waals surface area contributed by atoms with E-state index in [4.69, 9.17) is 0 Å². The van der Waals surface area contributed by atoms with Crippen LogP contribution >= 0.6 is 0 Å². The van der Waals surface area contributed by atoms with E-state index in [9.17, 15) is 18.4 Å². The molecule has 1 aromatic rings. The zero-order chi connectivity index (χ0) is 15.6. The van der Waals surface area contributed by atoms with Gasteiger partial charge < -0.3 is 16.0 Å². The van der Waals surface area contributed by atoms with Crippen LogP contribution < -0.4 is 16.0 Å². The molecule has 3 N–H and O–H groups in total. The zero-order valence-corrected chi connectivity index (χ0v) is 11.6. The van der Waals surface area contributed by atoms with Gasteiger partial charge in [-0.15, -0.1) is 0 Å². The molecule has 1 aliphatic rings. The van der Waals surface area contributed by atoms with Crippen LogP contribution in [0, 0.1) is 11.6 Å². The quantitative estimate of drug-likeness (QED) is 0.792. The third kappa shape index (κ3) is 3.56. The molecule has 3 amide bonds. The van der Waals surface area contributed by atoms with Crippen molar-refractivity contribution < 1.29 is 18.4 Å². The predicted molar refractivity (Wildman–Crippen MR) is 72.0 cm³/mol. The number of carbonyl (C=O) groups is 2. The third-order valence-corrected chi connectivity index (χ3v) is 3.11. The molecular weight excluding hydrogens is 280 g/mol. The Balaban J connectivity index is 2.08. The molecular formula is C14H15F2N3O2. The second-order valence-electron chi connectivity index (χ2n) is 4.82. The first-order valence-electron chi connectivity index (χ1n) is 6.38. The van der Waals surface area contributed by atoms with E-state index in [-0.39, 0.29) is 12.6 Å². The van der Waals surface area contributed by atoms with E-state index >= 15 is 0 Å². The van der Waals surface area contributed by atoms with Crippen molar-refractivity contribution >= 4 is 11.9 Å². The maximum Gasteiger partial charge on any atom is 0.319 e. The van der Waals surface area contributed by atoms with Gasteiger partial charge in [-0.25, -0.2) is 13.6 Å². The molecule has 112 valence electrons. The summed E-state index contributed by atoms with van der Waals surface area (Å²) in [6.45, 7) is 3.29. The lowest BCUT2D eigenvalue weighted by Gasteiger charge is -2.25. The van der Waals surface area contributed by atoms with E-state index in [0.717, 1.165) is 18.2 Å². The summed E-state index contributed by atoms with van der Waals surface area (Å²) in [4.78, 5) is 23.4. The zero-order valence-electron chi connectivity index (χ0n) is 11.6. The molecule has 7 heteroatoms. The van der Waals surface area contributed by atoms with Crippen LogP contribution in [0.2, 0.25) is 0 Å². The Morgan fingerprint density at radius 1 is 1.29 bits per heavy atom. The minimum Gasteiger partial charge on any atom is -0.348 e. The second-order valence-corrected chi connectivity index (χ2v) is 4.82. The number of allylic oxidation sites excluding steroid dienone is 1. The first-order valence-corrected chi connectivity index (χ1v) is 6.38. The molecule has 21 heavy (non-hydrogen) atoms. The van der Waals surface area contributed by atoms with Crippen LogP contribution in [0.4, 0.5) is 13.6 Å². The van der Waals surface area contributed by atoms with Crippen LogP contribution in [-0.2, 0) is 11.3 Å². The summed E-state index contributed by atoms with van der Waals surface area (Å²) in [6.07, 6.45) is 0. The molecule has 0 bridgehead atoms. The Morgan fingerprint density at radius 3 is 2.48 bits per heavy atom. The van der Waals surface area contributed by atoms with Crippen molar-refractivity contribution in [2.45, 2.75) is 26.4 Å². The van der Waals surface area contributed by atoms with E-state index in [1.54, 1.807) is 13.8 Å². The van der Waals surface area contributed by atoms with E-state index in [2.05, 4.69) is 16.0 Å². The van der Waals surface area contributed by atoms with E-state index < -0.39 is 23.6 Å². The lowest BCUT2D eigenvalue weighted by molar-refractivity contribution is -0.118. The van der Waals surface area contributed by atoms with Crippen molar-refractivity contribution in [3.05, 3.63) is 46.7 Å². The fourth-order valence-electron chi connectivity index (χ4n) is 2.22. The molecule has 2 rings (SSSR count). The van der Waals surface area contributed by atoms with E-state index in [1.165, 1.54) is 0 Å². The number of amides is 3. The SMILES string of the molecule is CC1=C(C(=O)NCc2cc(F)cc(F)c2)C(C)NC(=O)N1. The second kappa shape index (κ2) is 5.90. The summed E-state index contributed by atoms with van der Waals surface area (Å²) in [5.74, 6) is -1.80. The first kappa shape index (κ1) is 15.0. The highest BCUT2D eigenvalue weighted by Crippen LogP contribution is 2.13. The lowest BCUT2D eigenvalue weighted by atomic mass is 10.0. The number of rotatable bonds is 3. The summed E-state index contributed by atoms with van der Waals surface area (Å²) in [7, 11) is 0. The molecule has 0 aromatic heterocycles. The highest BCUT2D eigenvalue weighted by atomic mass is 19.1. The Hall–Kier alpha value is -2.44. The van der Waals surface area contributed by atoms with Gasteiger partial charge in [-0.05, 0) is 31.5 Å². The Kier molecular flexibility index (Phi) is 4.21. The van der Waals surface area contributed by atoms with Crippen LogP contribution in [0.1, 0.15) is 19.4 Å². The van der Waals surface area contributed by atoms with Crippen molar-refractivity contribution in [1.82, 2.24) is 16.0 Å². The molecule has 0 saturated carbocycles.